The Morgan fingerprint density at radius 1 is 1.36 bits per heavy atom. The lowest BCUT2D eigenvalue weighted by Crippen LogP contribution is -1.89. The molecule has 1 atom stereocenters. The van der Waals surface area contributed by atoms with Crippen LogP contribution in [0.25, 0.3) is 0 Å². The van der Waals surface area contributed by atoms with E-state index in [0.717, 1.165) is 5.75 Å². The van der Waals surface area contributed by atoms with Gasteiger partial charge in [-0.2, -0.15) is 0 Å². The maximum Gasteiger partial charge on any atom is 0.115 e. The van der Waals surface area contributed by atoms with Crippen LogP contribution in [0.1, 0.15) is 5.56 Å². The van der Waals surface area contributed by atoms with Gasteiger partial charge in [-0.3, -0.25) is 0 Å². The van der Waals surface area contributed by atoms with E-state index in [1.54, 1.807) is 12.1 Å². The number of benzene rings is 1. The standard InChI is InChI=1S/C8H10OS2/c1-11(10)6-7-2-4-8(9)5-3-7/h2-5,9H,6H2,1H3. The molecule has 1 nitrogen and oxygen atoms in total. The lowest BCUT2D eigenvalue weighted by Gasteiger charge is -1.98. The average Bonchev–Trinajstić information content (AvgIpc) is 1.93. The van der Waals surface area contributed by atoms with Gasteiger partial charge in [0.25, 0.3) is 0 Å². The van der Waals surface area contributed by atoms with Gasteiger partial charge in [0.1, 0.15) is 5.75 Å². The first-order chi connectivity index (χ1) is 5.18. The van der Waals surface area contributed by atoms with Crippen molar-refractivity contribution < 1.29 is 5.11 Å². The zero-order valence-corrected chi connectivity index (χ0v) is 7.91. The molecule has 60 valence electrons. The molecule has 1 aromatic rings. The summed E-state index contributed by atoms with van der Waals surface area (Å²) >= 11 is 5.06. The van der Waals surface area contributed by atoms with Crippen molar-refractivity contribution in [2.45, 2.75) is 5.75 Å². The topological polar surface area (TPSA) is 20.2 Å². The van der Waals surface area contributed by atoms with Gasteiger partial charge < -0.3 is 5.11 Å². The van der Waals surface area contributed by atoms with Gasteiger partial charge >= 0.3 is 0 Å². The molecule has 1 N–H and O–H groups in total. The predicted octanol–water partition coefficient (Wildman–Crippen LogP) is 1.60. The van der Waals surface area contributed by atoms with Crippen LogP contribution in [-0.2, 0) is 26.4 Å². The Morgan fingerprint density at radius 3 is 2.36 bits per heavy atom. The van der Waals surface area contributed by atoms with Crippen LogP contribution in [-0.4, -0.2) is 11.4 Å². The molecule has 1 rings (SSSR count). The zero-order chi connectivity index (χ0) is 8.27. The first-order valence-electron chi connectivity index (χ1n) is 3.26. The van der Waals surface area contributed by atoms with E-state index in [2.05, 4.69) is 0 Å². The zero-order valence-electron chi connectivity index (χ0n) is 6.28. The van der Waals surface area contributed by atoms with E-state index in [-0.39, 0.29) is 9.45 Å². The second-order valence-corrected chi connectivity index (χ2v) is 5.53. The molecular weight excluding hydrogens is 176 g/mol. The van der Waals surface area contributed by atoms with Gasteiger partial charge in [0.15, 0.2) is 0 Å². The normalized spacial score (nSPS) is 12.8. The first-order valence-corrected chi connectivity index (χ1v) is 5.99. The smallest absolute Gasteiger partial charge is 0.115 e. The molecule has 3 heteroatoms. The molecule has 0 amide bonds. The molecule has 0 saturated heterocycles. The maximum atomic E-state index is 8.97. The quantitative estimate of drug-likeness (QED) is 0.757. The van der Waals surface area contributed by atoms with Gasteiger partial charge in [0.2, 0.25) is 0 Å². The van der Waals surface area contributed by atoms with E-state index >= 15 is 0 Å². The van der Waals surface area contributed by atoms with Gasteiger partial charge in [0.05, 0.1) is 0 Å². The number of rotatable bonds is 2. The second kappa shape index (κ2) is 3.83. The van der Waals surface area contributed by atoms with Gasteiger partial charge in [-0.15, -0.1) is 9.45 Å². The molecule has 0 aromatic heterocycles. The molecule has 0 radical (unpaired) electrons. The molecule has 0 fully saturated rings. The van der Waals surface area contributed by atoms with Crippen molar-refractivity contribution >= 4 is 20.6 Å². The molecule has 0 aliphatic carbocycles. The Hall–Kier alpha value is -0.410. The van der Waals surface area contributed by atoms with Crippen LogP contribution in [0.3, 0.4) is 0 Å². The molecule has 0 bridgehead atoms. The minimum atomic E-state index is 0.0285. The molecular formula is C8H10OS2. The Kier molecular flexibility index (Phi) is 3.02. The largest absolute Gasteiger partial charge is 0.508 e. The summed E-state index contributed by atoms with van der Waals surface area (Å²) in [7, 11) is 0.0285. The van der Waals surface area contributed by atoms with Gasteiger partial charge in [-0.1, -0.05) is 23.3 Å². The third kappa shape index (κ3) is 2.99. The monoisotopic (exact) mass is 186 g/mol. The molecule has 0 saturated carbocycles. The third-order valence-electron chi connectivity index (χ3n) is 1.31. The van der Waals surface area contributed by atoms with E-state index in [1.807, 2.05) is 18.4 Å². The van der Waals surface area contributed by atoms with Crippen molar-refractivity contribution in [3.05, 3.63) is 29.8 Å². The summed E-state index contributed by atoms with van der Waals surface area (Å²) in [6.07, 6.45) is 2.03. The molecule has 1 aromatic carbocycles. The fourth-order valence-corrected chi connectivity index (χ4v) is 1.90. The molecule has 1 unspecified atom stereocenters. The lowest BCUT2D eigenvalue weighted by molar-refractivity contribution is 0.475. The number of phenols is 1. The molecule has 11 heavy (non-hydrogen) atoms. The van der Waals surface area contributed by atoms with Crippen LogP contribution in [0.4, 0.5) is 0 Å². The summed E-state index contributed by atoms with van der Waals surface area (Å²) in [6, 6.07) is 7.20. The highest BCUT2D eigenvalue weighted by atomic mass is 32.8. The number of hydrogen-bond donors (Lipinski definition) is 1. The van der Waals surface area contributed by atoms with Crippen molar-refractivity contribution in [1.82, 2.24) is 0 Å². The van der Waals surface area contributed by atoms with Gasteiger partial charge in [-0.05, 0) is 24.0 Å². The number of phenolic OH excluding ortho intramolecular Hbond substituents is 1. The minimum Gasteiger partial charge on any atom is -0.508 e. The van der Waals surface area contributed by atoms with E-state index in [1.165, 1.54) is 5.56 Å². The van der Waals surface area contributed by atoms with Crippen molar-refractivity contribution in [1.29, 1.82) is 0 Å². The fraction of sp³-hybridized carbons (Fsp3) is 0.250. The Bertz CT molecular complexity index is 253. The summed E-state index contributed by atoms with van der Waals surface area (Å²) in [5, 5.41) is 8.97. The summed E-state index contributed by atoms with van der Waals surface area (Å²) in [5.41, 5.74) is 1.20. The Morgan fingerprint density at radius 2 is 1.91 bits per heavy atom. The fourth-order valence-electron chi connectivity index (χ4n) is 0.827. The van der Waals surface area contributed by atoms with E-state index < -0.39 is 0 Å². The second-order valence-electron chi connectivity index (χ2n) is 2.38. The average molecular weight is 186 g/mol. The summed E-state index contributed by atoms with van der Waals surface area (Å²) in [5.74, 6) is 1.24. The van der Waals surface area contributed by atoms with Crippen molar-refractivity contribution in [3.63, 3.8) is 0 Å². The number of aromatic hydroxyl groups is 1. The highest BCUT2D eigenvalue weighted by molar-refractivity contribution is 8.28. The first kappa shape index (κ1) is 8.68. The van der Waals surface area contributed by atoms with Crippen molar-refractivity contribution in [2.24, 2.45) is 0 Å². The molecule has 0 aliphatic rings. The molecule has 0 aliphatic heterocycles. The van der Waals surface area contributed by atoms with E-state index in [9.17, 15) is 0 Å². The van der Waals surface area contributed by atoms with E-state index in [4.69, 9.17) is 16.3 Å². The molecule has 0 heterocycles. The lowest BCUT2D eigenvalue weighted by atomic mass is 10.2. The van der Waals surface area contributed by atoms with Crippen LogP contribution in [0.2, 0.25) is 0 Å². The summed E-state index contributed by atoms with van der Waals surface area (Å²) in [4.78, 5) is 0. The van der Waals surface area contributed by atoms with Gasteiger partial charge in [0, 0.05) is 5.75 Å². The van der Waals surface area contributed by atoms with Crippen LogP contribution >= 0.6 is 0 Å². The summed E-state index contributed by atoms with van der Waals surface area (Å²) < 4.78 is 0. The van der Waals surface area contributed by atoms with E-state index in [0.29, 0.717) is 5.75 Å². The van der Waals surface area contributed by atoms with Crippen LogP contribution in [0.15, 0.2) is 24.3 Å². The molecule has 0 spiro atoms. The predicted molar refractivity (Wildman–Crippen MR) is 52.5 cm³/mol. The van der Waals surface area contributed by atoms with Crippen LogP contribution < -0.4 is 0 Å². The highest BCUT2D eigenvalue weighted by Gasteiger charge is 1.92. The third-order valence-corrected chi connectivity index (χ3v) is 2.40. The minimum absolute atomic E-state index is 0.0285. The van der Waals surface area contributed by atoms with Crippen LogP contribution in [0.5, 0.6) is 5.75 Å². The van der Waals surface area contributed by atoms with Crippen molar-refractivity contribution in [2.75, 3.05) is 6.26 Å². The highest BCUT2D eigenvalue weighted by Crippen LogP contribution is 2.10. The maximum absolute atomic E-state index is 8.97. The van der Waals surface area contributed by atoms with Crippen LogP contribution in [0, 0.1) is 0 Å². The Labute approximate surface area is 73.7 Å². The van der Waals surface area contributed by atoms with Crippen molar-refractivity contribution in [3.8, 4) is 5.75 Å². The summed E-state index contributed by atoms with van der Waals surface area (Å²) in [6.45, 7) is 0. The Balaban J connectivity index is 2.74. The number of hydrogen-bond acceptors (Lipinski definition) is 2. The SMILES string of the molecule is CS(=S)Cc1ccc(O)cc1. The van der Waals surface area contributed by atoms with Gasteiger partial charge in [-0.25, -0.2) is 0 Å².